The van der Waals surface area contributed by atoms with Crippen molar-refractivity contribution in [1.29, 1.82) is 5.41 Å². The molecule has 1 aromatic carbocycles. The number of amidine groups is 1. The van der Waals surface area contributed by atoms with Crippen molar-refractivity contribution in [3.05, 3.63) is 30.3 Å². The Kier molecular flexibility index (Phi) is 9.63. The minimum absolute atomic E-state index is 0.0136. The van der Waals surface area contributed by atoms with Crippen LogP contribution in [0.15, 0.2) is 30.3 Å². The van der Waals surface area contributed by atoms with E-state index in [1.54, 1.807) is 0 Å². The lowest BCUT2D eigenvalue weighted by atomic mass is 9.70. The van der Waals surface area contributed by atoms with Crippen molar-refractivity contribution in [2.75, 3.05) is 45.9 Å². The van der Waals surface area contributed by atoms with Gasteiger partial charge in [0.05, 0.1) is 5.41 Å². The van der Waals surface area contributed by atoms with Crippen LogP contribution in [0.25, 0.3) is 0 Å². The summed E-state index contributed by atoms with van der Waals surface area (Å²) in [5.41, 5.74) is -0.389. The summed E-state index contributed by atoms with van der Waals surface area (Å²) < 4.78 is 5.64. The van der Waals surface area contributed by atoms with Crippen molar-refractivity contribution in [3.8, 4) is 5.75 Å². The Morgan fingerprint density at radius 2 is 1.78 bits per heavy atom. The van der Waals surface area contributed by atoms with E-state index >= 15 is 0 Å². The van der Waals surface area contributed by atoms with Crippen molar-refractivity contribution in [2.45, 2.75) is 71.6 Å². The van der Waals surface area contributed by atoms with Crippen LogP contribution in [0.2, 0.25) is 0 Å². The maximum absolute atomic E-state index is 14.0. The molecule has 2 unspecified atom stereocenters. The largest absolute Gasteiger partial charge is 0.484 e. The van der Waals surface area contributed by atoms with Gasteiger partial charge in [-0.15, -0.1) is 0 Å². The molecular weight excluding hydrogens is 464 g/mol. The lowest BCUT2D eigenvalue weighted by molar-refractivity contribution is -0.139. The van der Waals surface area contributed by atoms with Gasteiger partial charge in [0.15, 0.2) is 6.61 Å². The quantitative estimate of drug-likeness (QED) is 0.438. The molecule has 0 aliphatic carbocycles. The van der Waals surface area contributed by atoms with Gasteiger partial charge in [-0.05, 0) is 69.2 Å². The highest BCUT2D eigenvalue weighted by molar-refractivity contribution is 6.07. The minimum Gasteiger partial charge on any atom is -0.484 e. The Bertz CT molecular complexity index is 915. The molecule has 2 amide bonds. The summed E-state index contributed by atoms with van der Waals surface area (Å²) in [4.78, 5) is 32.9. The Morgan fingerprint density at radius 1 is 1.05 bits per heavy atom. The number of benzene rings is 1. The van der Waals surface area contributed by atoms with Gasteiger partial charge in [-0.2, -0.15) is 0 Å². The number of amides is 2. The van der Waals surface area contributed by atoms with Crippen LogP contribution in [0.3, 0.4) is 0 Å². The van der Waals surface area contributed by atoms with Crippen LogP contribution in [-0.4, -0.2) is 78.2 Å². The van der Waals surface area contributed by atoms with Crippen molar-refractivity contribution < 1.29 is 14.3 Å². The number of likely N-dealkylation sites (tertiary alicyclic amines) is 3. The third-order valence-electron chi connectivity index (χ3n) is 8.85. The first-order chi connectivity index (χ1) is 18.0. The van der Waals surface area contributed by atoms with Gasteiger partial charge in [0.1, 0.15) is 11.6 Å². The predicted molar refractivity (Wildman–Crippen MR) is 147 cm³/mol. The van der Waals surface area contributed by atoms with E-state index in [1.165, 1.54) is 12.8 Å². The van der Waals surface area contributed by atoms with Gasteiger partial charge in [-0.1, -0.05) is 51.3 Å². The van der Waals surface area contributed by atoms with Gasteiger partial charge in [0, 0.05) is 32.6 Å². The van der Waals surface area contributed by atoms with Gasteiger partial charge >= 0.3 is 0 Å². The average molecular weight is 511 g/mol. The van der Waals surface area contributed by atoms with E-state index in [4.69, 9.17) is 10.1 Å². The monoisotopic (exact) mass is 510 g/mol. The lowest BCUT2D eigenvalue weighted by Gasteiger charge is -2.36. The molecule has 0 aromatic heterocycles. The van der Waals surface area contributed by atoms with E-state index in [2.05, 4.69) is 18.7 Å². The molecule has 0 saturated carbocycles. The van der Waals surface area contributed by atoms with Crippen LogP contribution in [0.4, 0.5) is 0 Å². The summed E-state index contributed by atoms with van der Waals surface area (Å²) in [6, 6.07) is 9.43. The summed E-state index contributed by atoms with van der Waals surface area (Å²) in [6.45, 7) is 9.69. The molecule has 3 fully saturated rings. The zero-order chi connectivity index (χ0) is 26.3. The van der Waals surface area contributed by atoms with E-state index < -0.39 is 0 Å². The Morgan fingerprint density at radius 3 is 2.49 bits per heavy atom. The Hall–Kier alpha value is -2.41. The number of rotatable bonds is 12. The topological polar surface area (TPSA) is 76.9 Å². The average Bonchev–Trinajstić information content (AvgIpc) is 3.49. The van der Waals surface area contributed by atoms with Gasteiger partial charge in [0.25, 0.3) is 5.91 Å². The number of para-hydroxylation sites is 1. The first-order valence-electron chi connectivity index (χ1n) is 14.5. The van der Waals surface area contributed by atoms with Gasteiger partial charge < -0.3 is 19.4 Å². The smallest absolute Gasteiger partial charge is 0.260 e. The normalized spacial score (nSPS) is 25.3. The van der Waals surface area contributed by atoms with E-state index in [1.807, 2.05) is 40.1 Å². The fraction of sp³-hybridized carbons (Fsp3) is 0.700. The number of carbonyl (C=O) groups is 2. The number of carbonyl (C=O) groups excluding carboxylic acids is 2. The molecule has 1 aromatic rings. The predicted octanol–water partition coefficient (Wildman–Crippen LogP) is 4.81. The van der Waals surface area contributed by atoms with Crippen molar-refractivity contribution in [3.63, 3.8) is 0 Å². The SMILES string of the molecule is CCCCN1CCC(C2(CCCC)CC(=N)N(CC3CCN(C(=O)COc4ccccc4)CC3)C2=O)C1. The van der Waals surface area contributed by atoms with Crippen LogP contribution >= 0.6 is 0 Å². The van der Waals surface area contributed by atoms with E-state index in [0.717, 1.165) is 58.2 Å². The van der Waals surface area contributed by atoms with Crippen LogP contribution in [0.1, 0.15) is 71.6 Å². The molecule has 0 radical (unpaired) electrons. The molecule has 7 nitrogen and oxygen atoms in total. The zero-order valence-electron chi connectivity index (χ0n) is 22.9. The van der Waals surface area contributed by atoms with E-state index in [9.17, 15) is 9.59 Å². The standard InChI is InChI=1S/C30H46N4O3/c1-3-5-15-30(25-14-17-32(22-25)16-6-4-2)20-27(31)34(29(30)36)21-24-12-18-33(19-13-24)28(35)23-37-26-10-8-7-9-11-26/h7-11,24-25,31H,3-6,12-23H2,1-2H3. The summed E-state index contributed by atoms with van der Waals surface area (Å²) in [6.07, 6.45) is 8.85. The molecule has 3 heterocycles. The molecule has 3 aliphatic heterocycles. The van der Waals surface area contributed by atoms with Gasteiger partial charge in [-0.3, -0.25) is 15.0 Å². The molecule has 0 spiro atoms. The summed E-state index contributed by atoms with van der Waals surface area (Å²) in [5.74, 6) is 2.14. The Labute approximate surface area is 223 Å². The molecule has 2 atom stereocenters. The molecule has 3 aliphatic rings. The van der Waals surface area contributed by atoms with Crippen LogP contribution in [-0.2, 0) is 9.59 Å². The number of nitrogens with zero attached hydrogens (tertiary/aromatic N) is 3. The maximum Gasteiger partial charge on any atom is 0.260 e. The van der Waals surface area contributed by atoms with Crippen LogP contribution in [0.5, 0.6) is 5.75 Å². The molecule has 37 heavy (non-hydrogen) atoms. The molecule has 7 heteroatoms. The summed E-state index contributed by atoms with van der Waals surface area (Å²) >= 11 is 0. The number of hydrogen-bond donors (Lipinski definition) is 1. The summed E-state index contributed by atoms with van der Waals surface area (Å²) in [5, 5.41) is 8.83. The zero-order valence-corrected chi connectivity index (χ0v) is 22.9. The molecule has 1 N–H and O–H groups in total. The van der Waals surface area contributed by atoms with Crippen molar-refractivity contribution in [2.24, 2.45) is 17.3 Å². The highest BCUT2D eigenvalue weighted by Crippen LogP contribution is 2.48. The highest BCUT2D eigenvalue weighted by atomic mass is 16.5. The number of piperidine rings is 1. The van der Waals surface area contributed by atoms with Gasteiger partial charge in [-0.25, -0.2) is 0 Å². The Balaban J connectivity index is 1.31. The van der Waals surface area contributed by atoms with Gasteiger partial charge in [0.2, 0.25) is 5.91 Å². The number of nitrogens with one attached hydrogen (secondary N) is 1. The van der Waals surface area contributed by atoms with E-state index in [-0.39, 0.29) is 23.8 Å². The highest BCUT2D eigenvalue weighted by Gasteiger charge is 2.55. The first-order valence-corrected chi connectivity index (χ1v) is 14.5. The number of hydrogen-bond acceptors (Lipinski definition) is 5. The van der Waals surface area contributed by atoms with Crippen LogP contribution in [0, 0.1) is 22.7 Å². The molecule has 3 saturated heterocycles. The second kappa shape index (κ2) is 12.9. The third kappa shape index (κ3) is 6.54. The molecule has 4 rings (SSSR count). The second-order valence-corrected chi connectivity index (χ2v) is 11.4. The molecule has 204 valence electrons. The first kappa shape index (κ1) is 27.6. The number of ether oxygens (including phenoxy) is 1. The third-order valence-corrected chi connectivity index (χ3v) is 8.85. The minimum atomic E-state index is -0.389. The fourth-order valence-electron chi connectivity index (χ4n) is 6.51. The molecular formula is C30H46N4O3. The summed E-state index contributed by atoms with van der Waals surface area (Å²) in [7, 11) is 0. The van der Waals surface area contributed by atoms with Crippen LogP contribution < -0.4 is 4.74 Å². The maximum atomic E-state index is 14.0. The van der Waals surface area contributed by atoms with Crippen molar-refractivity contribution in [1.82, 2.24) is 14.7 Å². The lowest BCUT2D eigenvalue weighted by Crippen LogP contribution is -2.46. The van der Waals surface area contributed by atoms with E-state index in [0.29, 0.717) is 49.5 Å². The second-order valence-electron chi connectivity index (χ2n) is 11.4. The number of unbranched alkanes of at least 4 members (excludes halogenated alkanes) is 2. The molecule has 0 bridgehead atoms. The fourth-order valence-corrected chi connectivity index (χ4v) is 6.51. The van der Waals surface area contributed by atoms with Crippen molar-refractivity contribution >= 4 is 17.6 Å².